The number of benzene rings is 2. The standard InChI is InChI=1S/C18H14Br2N4O2S/c1-26-15-11(19)7-9(8-12(15)20)16-21-13-6-4-3-5-10(13)14-17(25)22-18(27-2)23-24(14)16/h3-8,16H,1-2H3,(H,22,23,25)/t16-/m1/s1. The second-order valence-corrected chi connectivity index (χ2v) is 8.30. The Labute approximate surface area is 176 Å². The summed E-state index contributed by atoms with van der Waals surface area (Å²) in [5, 5.41) is 11.2. The number of hydrogen-bond donors (Lipinski definition) is 1. The second kappa shape index (κ2) is 7.29. The van der Waals surface area contributed by atoms with Crippen molar-refractivity contribution in [2.75, 3.05) is 13.4 Å². The molecule has 27 heavy (non-hydrogen) atoms. The van der Waals surface area contributed by atoms with Crippen LogP contribution in [0.15, 0.2) is 55.4 Å². The minimum Gasteiger partial charge on any atom is -0.494 e. The van der Waals surface area contributed by atoms with E-state index in [4.69, 9.17) is 9.73 Å². The minimum absolute atomic E-state index is 0.187. The molecule has 6 nitrogen and oxygen atoms in total. The van der Waals surface area contributed by atoms with E-state index in [1.165, 1.54) is 11.8 Å². The monoisotopic (exact) mass is 508 g/mol. The van der Waals surface area contributed by atoms with Gasteiger partial charge in [-0.15, -0.1) is 5.10 Å². The summed E-state index contributed by atoms with van der Waals surface area (Å²) in [7, 11) is 1.61. The molecule has 0 radical (unpaired) electrons. The zero-order chi connectivity index (χ0) is 19.1. The van der Waals surface area contributed by atoms with Gasteiger partial charge in [0.05, 0.1) is 21.4 Å². The topological polar surface area (TPSA) is 66.3 Å². The maximum absolute atomic E-state index is 12.8. The van der Waals surface area contributed by atoms with Gasteiger partial charge in [0.25, 0.3) is 5.91 Å². The molecule has 0 unspecified atom stereocenters. The van der Waals surface area contributed by atoms with Crippen molar-refractivity contribution >= 4 is 60.4 Å². The predicted octanol–water partition coefficient (Wildman–Crippen LogP) is 2.73. The van der Waals surface area contributed by atoms with Gasteiger partial charge in [0.15, 0.2) is 11.3 Å². The quantitative estimate of drug-likeness (QED) is 0.676. The molecular weight excluding hydrogens is 496 g/mol. The van der Waals surface area contributed by atoms with Crippen LogP contribution in [0.4, 0.5) is 0 Å². The fraction of sp³-hybridized carbons (Fsp3) is 0.167. The highest BCUT2D eigenvalue weighted by Crippen LogP contribution is 2.39. The lowest BCUT2D eigenvalue weighted by molar-refractivity contribution is -0.116. The van der Waals surface area contributed by atoms with Crippen LogP contribution in [0, 0.1) is 0 Å². The predicted molar refractivity (Wildman–Crippen MR) is 113 cm³/mol. The number of ether oxygens (including phenoxy) is 1. The lowest BCUT2D eigenvalue weighted by Crippen LogP contribution is -2.50. The van der Waals surface area contributed by atoms with Gasteiger partial charge in [0, 0.05) is 10.8 Å². The molecule has 0 fully saturated rings. The number of hydrazone groups is 1. The average Bonchev–Trinajstić information content (AvgIpc) is 2.66. The maximum Gasteiger partial charge on any atom is 0.276 e. The minimum atomic E-state index is -0.471. The van der Waals surface area contributed by atoms with Crippen LogP contribution in [-0.2, 0) is 4.79 Å². The fourth-order valence-electron chi connectivity index (χ4n) is 3.06. The van der Waals surface area contributed by atoms with Gasteiger partial charge in [-0.3, -0.25) is 15.1 Å². The number of nitrogens with zero attached hydrogens (tertiary/aromatic N) is 3. The molecule has 2 aliphatic heterocycles. The first-order valence-electron chi connectivity index (χ1n) is 7.96. The van der Waals surface area contributed by atoms with Crippen LogP contribution in [0.1, 0.15) is 11.7 Å². The van der Waals surface area contributed by atoms with Crippen LogP contribution in [0.2, 0.25) is 0 Å². The van der Waals surface area contributed by atoms with Gasteiger partial charge in [0.1, 0.15) is 11.4 Å². The van der Waals surface area contributed by atoms with Crippen LogP contribution in [-0.4, -0.2) is 29.4 Å². The van der Waals surface area contributed by atoms with E-state index in [-0.39, 0.29) is 5.91 Å². The van der Waals surface area contributed by atoms with Crippen molar-refractivity contribution in [3.63, 3.8) is 0 Å². The number of rotatable bonds is 2. The fourth-order valence-corrected chi connectivity index (χ4v) is 4.97. The van der Waals surface area contributed by atoms with E-state index in [9.17, 15) is 4.79 Å². The van der Waals surface area contributed by atoms with Crippen LogP contribution in [0.25, 0.3) is 5.70 Å². The lowest BCUT2D eigenvalue weighted by atomic mass is 10.1. The number of nitrogens with one attached hydrogen (secondary N) is 1. The highest BCUT2D eigenvalue weighted by atomic mass is 79.9. The number of halogens is 2. The molecule has 2 heterocycles. The van der Waals surface area contributed by atoms with Crippen molar-refractivity contribution in [1.82, 2.24) is 10.3 Å². The molecule has 138 valence electrons. The van der Waals surface area contributed by atoms with Gasteiger partial charge in [-0.1, -0.05) is 30.0 Å². The largest absolute Gasteiger partial charge is 0.494 e. The molecule has 1 atom stereocenters. The van der Waals surface area contributed by atoms with Crippen molar-refractivity contribution in [2.45, 2.75) is 6.17 Å². The Morgan fingerprint density at radius 3 is 2.59 bits per heavy atom. The highest BCUT2D eigenvalue weighted by molar-refractivity contribution is 9.11. The number of thioether (sulfide) groups is 1. The van der Waals surface area contributed by atoms with Gasteiger partial charge in [-0.05, 0) is 56.3 Å². The maximum atomic E-state index is 12.8. The SMILES string of the molecule is COc1c(Br)cc([C@@H]2N=c3ccccc3=C3C(=O)NC(SC)=NN32)cc1Br. The van der Waals surface area contributed by atoms with Gasteiger partial charge >= 0.3 is 0 Å². The first kappa shape index (κ1) is 18.5. The summed E-state index contributed by atoms with van der Waals surface area (Å²) in [6.07, 6.45) is 1.40. The van der Waals surface area contributed by atoms with E-state index in [1.54, 1.807) is 12.1 Å². The third-order valence-corrected chi connectivity index (χ3v) is 5.98. The molecular formula is C18H14Br2N4O2S. The van der Waals surface area contributed by atoms with Crippen molar-refractivity contribution < 1.29 is 9.53 Å². The number of amides is 1. The van der Waals surface area contributed by atoms with Gasteiger partial charge in [0.2, 0.25) is 0 Å². The Morgan fingerprint density at radius 1 is 1.22 bits per heavy atom. The molecule has 0 spiro atoms. The third-order valence-electron chi connectivity index (χ3n) is 4.23. The molecule has 2 aromatic rings. The molecule has 0 aliphatic carbocycles. The number of amidine groups is 1. The van der Waals surface area contributed by atoms with Gasteiger partial charge in [-0.2, -0.15) is 0 Å². The molecule has 0 saturated carbocycles. The van der Waals surface area contributed by atoms with E-state index >= 15 is 0 Å². The first-order chi connectivity index (χ1) is 13.0. The Kier molecular flexibility index (Phi) is 5.00. The van der Waals surface area contributed by atoms with Gasteiger partial charge in [-0.25, -0.2) is 5.01 Å². The van der Waals surface area contributed by atoms with Crippen LogP contribution < -0.4 is 20.6 Å². The Morgan fingerprint density at radius 2 is 1.93 bits per heavy atom. The lowest BCUT2D eigenvalue weighted by Gasteiger charge is -2.34. The third kappa shape index (κ3) is 3.17. The average molecular weight is 510 g/mol. The van der Waals surface area contributed by atoms with E-state index < -0.39 is 6.17 Å². The van der Waals surface area contributed by atoms with E-state index in [1.807, 2.05) is 42.7 Å². The van der Waals surface area contributed by atoms with E-state index in [0.29, 0.717) is 16.6 Å². The van der Waals surface area contributed by atoms with Crippen LogP contribution in [0.5, 0.6) is 5.75 Å². The Hall–Kier alpha value is -1.84. The Balaban J connectivity index is 1.97. The number of carbonyl (C=O) groups is 1. The molecule has 9 heteroatoms. The summed E-state index contributed by atoms with van der Waals surface area (Å²) in [6.45, 7) is 0. The summed E-state index contributed by atoms with van der Waals surface area (Å²) in [5.41, 5.74) is 1.37. The molecule has 1 amide bonds. The molecule has 2 aromatic carbocycles. The summed E-state index contributed by atoms with van der Waals surface area (Å²) in [5.74, 6) is 0.511. The van der Waals surface area contributed by atoms with Crippen molar-refractivity contribution in [1.29, 1.82) is 0 Å². The van der Waals surface area contributed by atoms with Crippen molar-refractivity contribution in [3.8, 4) is 5.75 Å². The van der Waals surface area contributed by atoms with Crippen molar-refractivity contribution in [2.24, 2.45) is 10.1 Å². The normalized spacial score (nSPS) is 18.1. The van der Waals surface area contributed by atoms with E-state index in [0.717, 1.165) is 25.1 Å². The number of fused-ring (bicyclic) bond motifs is 2. The molecule has 2 aliphatic rings. The number of carbonyl (C=O) groups excluding carboxylic acids is 1. The van der Waals surface area contributed by atoms with E-state index in [2.05, 4.69) is 42.3 Å². The van der Waals surface area contributed by atoms with Gasteiger partial charge < -0.3 is 4.74 Å². The summed E-state index contributed by atoms with van der Waals surface area (Å²) < 4.78 is 6.98. The molecule has 1 N–H and O–H groups in total. The number of methoxy groups -OCH3 is 1. The van der Waals surface area contributed by atoms with Crippen LogP contribution in [0.3, 0.4) is 0 Å². The number of hydrogen-bond acceptors (Lipinski definition) is 6. The Bertz CT molecular complexity index is 1080. The molecule has 0 saturated heterocycles. The zero-order valence-corrected chi connectivity index (χ0v) is 18.4. The molecule has 4 rings (SSSR count). The summed E-state index contributed by atoms with van der Waals surface area (Å²) >= 11 is 8.46. The smallest absolute Gasteiger partial charge is 0.276 e. The summed E-state index contributed by atoms with van der Waals surface area (Å²) in [6, 6.07) is 11.5. The highest BCUT2D eigenvalue weighted by Gasteiger charge is 2.34. The number of para-hydroxylation sites is 1. The van der Waals surface area contributed by atoms with Crippen molar-refractivity contribution in [3.05, 3.63) is 61.5 Å². The first-order valence-corrected chi connectivity index (χ1v) is 10.8. The molecule has 0 bridgehead atoms. The zero-order valence-electron chi connectivity index (χ0n) is 14.4. The summed E-state index contributed by atoms with van der Waals surface area (Å²) in [4.78, 5) is 17.7. The second-order valence-electron chi connectivity index (χ2n) is 5.79. The molecule has 0 aromatic heterocycles. The van der Waals surface area contributed by atoms with Crippen LogP contribution >= 0.6 is 43.6 Å².